The summed E-state index contributed by atoms with van der Waals surface area (Å²) >= 11 is 0. The SMILES string of the molecule is C[n+]1ccn(CCNC(=O)C2CCCN2C(=O)C2CCCN2C(=O)OC(C)(C)C)c1.[Cl-]. The van der Waals surface area contributed by atoms with Crippen molar-refractivity contribution in [1.82, 2.24) is 19.7 Å². The predicted molar refractivity (Wildman–Crippen MR) is 109 cm³/mol. The molecule has 2 atom stereocenters. The second-order valence-electron chi connectivity index (χ2n) is 9.13. The quantitative estimate of drug-likeness (QED) is 0.511. The summed E-state index contributed by atoms with van der Waals surface area (Å²) in [6, 6.07) is -1.02. The molecule has 3 amide bonds. The van der Waals surface area contributed by atoms with E-state index in [-0.39, 0.29) is 24.2 Å². The van der Waals surface area contributed by atoms with Crippen molar-refractivity contribution < 1.29 is 36.1 Å². The highest BCUT2D eigenvalue weighted by Gasteiger charge is 2.43. The first kappa shape index (κ1) is 25.0. The summed E-state index contributed by atoms with van der Waals surface area (Å²) in [7, 11) is 1.95. The molecule has 9 nitrogen and oxygen atoms in total. The Morgan fingerprint density at radius 2 is 1.74 bits per heavy atom. The molecule has 3 heterocycles. The number of amides is 3. The van der Waals surface area contributed by atoms with Gasteiger partial charge in [0.2, 0.25) is 18.1 Å². The van der Waals surface area contributed by atoms with E-state index >= 15 is 0 Å². The average molecular weight is 456 g/mol. The van der Waals surface area contributed by atoms with E-state index in [2.05, 4.69) is 5.32 Å². The topological polar surface area (TPSA) is 87.8 Å². The van der Waals surface area contributed by atoms with Crippen molar-refractivity contribution >= 4 is 17.9 Å². The van der Waals surface area contributed by atoms with Crippen LogP contribution in [0.4, 0.5) is 4.79 Å². The van der Waals surface area contributed by atoms with E-state index in [0.29, 0.717) is 39.0 Å². The van der Waals surface area contributed by atoms with Gasteiger partial charge in [0.25, 0.3) is 0 Å². The van der Waals surface area contributed by atoms with Gasteiger partial charge >= 0.3 is 6.09 Å². The number of aromatic nitrogens is 2. The van der Waals surface area contributed by atoms with Crippen LogP contribution in [-0.4, -0.2) is 69.6 Å². The molecule has 0 bridgehead atoms. The molecule has 2 saturated heterocycles. The molecule has 2 unspecified atom stereocenters. The summed E-state index contributed by atoms with van der Waals surface area (Å²) in [6.45, 7) is 7.65. The maximum atomic E-state index is 13.2. The highest BCUT2D eigenvalue weighted by molar-refractivity contribution is 5.92. The van der Waals surface area contributed by atoms with Crippen LogP contribution in [-0.2, 0) is 27.9 Å². The van der Waals surface area contributed by atoms with Gasteiger partial charge in [-0.25, -0.2) is 13.9 Å². The first-order valence-electron chi connectivity index (χ1n) is 10.7. The maximum absolute atomic E-state index is 13.2. The Morgan fingerprint density at radius 3 is 2.35 bits per heavy atom. The lowest BCUT2D eigenvalue weighted by Gasteiger charge is -2.32. The fourth-order valence-electron chi connectivity index (χ4n) is 4.12. The van der Waals surface area contributed by atoms with E-state index < -0.39 is 23.8 Å². The Bertz CT molecular complexity index is 791. The first-order valence-corrected chi connectivity index (χ1v) is 10.7. The number of imidazole rings is 1. The number of carbonyl (C=O) groups is 3. The maximum Gasteiger partial charge on any atom is 0.410 e. The number of hydrogen-bond donors (Lipinski definition) is 1. The smallest absolute Gasteiger partial charge is 0.410 e. The summed E-state index contributed by atoms with van der Waals surface area (Å²) in [6.07, 6.45) is 8.18. The van der Waals surface area contributed by atoms with Gasteiger partial charge in [-0.15, -0.1) is 0 Å². The molecule has 3 rings (SSSR count). The monoisotopic (exact) mass is 455 g/mol. The van der Waals surface area contributed by atoms with Crippen molar-refractivity contribution in [3.05, 3.63) is 18.7 Å². The molecule has 10 heteroatoms. The van der Waals surface area contributed by atoms with Crippen LogP contribution in [0.1, 0.15) is 46.5 Å². The van der Waals surface area contributed by atoms with Crippen LogP contribution in [0, 0.1) is 0 Å². The lowest BCUT2D eigenvalue weighted by atomic mass is 10.1. The van der Waals surface area contributed by atoms with Crippen LogP contribution >= 0.6 is 0 Å². The Morgan fingerprint density at radius 1 is 1.10 bits per heavy atom. The van der Waals surface area contributed by atoms with Gasteiger partial charge in [0.05, 0.1) is 13.6 Å². The van der Waals surface area contributed by atoms with Gasteiger partial charge in [-0.3, -0.25) is 14.5 Å². The lowest BCUT2D eigenvalue weighted by molar-refractivity contribution is -0.671. The number of nitrogens with zero attached hydrogens (tertiary/aromatic N) is 4. The molecule has 1 N–H and O–H groups in total. The summed E-state index contributed by atoms with van der Waals surface area (Å²) in [5.41, 5.74) is -0.611. The number of ether oxygens (including phenoxy) is 1. The zero-order valence-corrected chi connectivity index (χ0v) is 19.6. The van der Waals surface area contributed by atoms with Crippen LogP contribution < -0.4 is 22.3 Å². The van der Waals surface area contributed by atoms with Crippen molar-refractivity contribution in [2.75, 3.05) is 19.6 Å². The molecule has 1 aromatic rings. The largest absolute Gasteiger partial charge is 1.00 e. The van der Waals surface area contributed by atoms with Crippen molar-refractivity contribution in [3.63, 3.8) is 0 Å². The summed E-state index contributed by atoms with van der Waals surface area (Å²) in [4.78, 5) is 41.7. The van der Waals surface area contributed by atoms with Crippen molar-refractivity contribution in [1.29, 1.82) is 0 Å². The second-order valence-corrected chi connectivity index (χ2v) is 9.13. The van der Waals surface area contributed by atoms with Crippen molar-refractivity contribution in [2.24, 2.45) is 7.05 Å². The minimum Gasteiger partial charge on any atom is -1.00 e. The fraction of sp³-hybridized carbons (Fsp3) is 0.714. The molecular weight excluding hydrogens is 422 g/mol. The van der Waals surface area contributed by atoms with Crippen LogP contribution in [0.25, 0.3) is 0 Å². The molecular formula is C21H34ClN5O4. The number of likely N-dealkylation sites (tertiary alicyclic amines) is 2. The average Bonchev–Trinajstić information content (AvgIpc) is 3.40. The third-order valence-corrected chi connectivity index (χ3v) is 5.50. The Balaban J connectivity index is 0.00000341. The first-order chi connectivity index (χ1) is 14.2. The molecule has 0 saturated carbocycles. The van der Waals surface area contributed by atoms with E-state index in [0.717, 1.165) is 12.8 Å². The van der Waals surface area contributed by atoms with E-state index in [4.69, 9.17) is 4.74 Å². The number of rotatable bonds is 5. The molecule has 174 valence electrons. The van der Waals surface area contributed by atoms with Gasteiger partial charge in [0.1, 0.15) is 36.6 Å². The normalized spacial score (nSPS) is 21.0. The number of nitrogens with one attached hydrogen (secondary N) is 1. The number of carbonyl (C=O) groups excluding carboxylic acids is 3. The highest BCUT2D eigenvalue weighted by atomic mass is 35.5. The summed E-state index contributed by atoms with van der Waals surface area (Å²) < 4.78 is 9.41. The minimum absolute atomic E-state index is 0. The van der Waals surface area contributed by atoms with E-state index in [1.165, 1.54) is 4.90 Å². The number of aryl methyl sites for hydroxylation is 1. The van der Waals surface area contributed by atoms with Crippen LogP contribution in [0.5, 0.6) is 0 Å². The van der Waals surface area contributed by atoms with Gasteiger partial charge in [0.15, 0.2) is 0 Å². The van der Waals surface area contributed by atoms with E-state index in [1.54, 1.807) is 4.90 Å². The summed E-state index contributed by atoms with van der Waals surface area (Å²) in [5, 5.41) is 2.95. The number of halogens is 1. The van der Waals surface area contributed by atoms with Crippen molar-refractivity contribution in [2.45, 2.75) is 70.7 Å². The van der Waals surface area contributed by atoms with Crippen LogP contribution in [0.15, 0.2) is 18.7 Å². The molecule has 2 aliphatic heterocycles. The number of hydrogen-bond acceptors (Lipinski definition) is 4. The second kappa shape index (κ2) is 10.3. The van der Waals surface area contributed by atoms with Gasteiger partial charge in [-0.1, -0.05) is 0 Å². The molecule has 2 aliphatic rings. The van der Waals surface area contributed by atoms with Crippen molar-refractivity contribution in [3.8, 4) is 0 Å². The third-order valence-electron chi connectivity index (χ3n) is 5.50. The van der Waals surface area contributed by atoms with E-state index in [9.17, 15) is 14.4 Å². The van der Waals surface area contributed by atoms with Crippen LogP contribution in [0.3, 0.4) is 0 Å². The highest BCUT2D eigenvalue weighted by Crippen LogP contribution is 2.26. The Kier molecular flexibility index (Phi) is 8.34. The minimum atomic E-state index is -0.611. The third kappa shape index (κ3) is 6.35. The lowest BCUT2D eigenvalue weighted by Crippen LogP contribution is -3.00. The van der Waals surface area contributed by atoms with Gasteiger partial charge in [-0.05, 0) is 46.5 Å². The fourth-order valence-corrected chi connectivity index (χ4v) is 4.12. The van der Waals surface area contributed by atoms with Gasteiger partial charge < -0.3 is 27.4 Å². The molecule has 0 spiro atoms. The van der Waals surface area contributed by atoms with Gasteiger partial charge in [-0.2, -0.15) is 0 Å². The zero-order valence-electron chi connectivity index (χ0n) is 18.8. The van der Waals surface area contributed by atoms with Gasteiger partial charge in [0, 0.05) is 13.1 Å². The molecule has 2 fully saturated rings. The zero-order chi connectivity index (χ0) is 21.9. The summed E-state index contributed by atoms with van der Waals surface area (Å²) in [5.74, 6) is -0.271. The Hall–Kier alpha value is -2.29. The molecule has 0 radical (unpaired) electrons. The Labute approximate surface area is 190 Å². The van der Waals surface area contributed by atoms with Crippen LogP contribution in [0.2, 0.25) is 0 Å². The molecule has 1 aromatic heterocycles. The van der Waals surface area contributed by atoms with E-state index in [1.807, 2.05) is 55.7 Å². The molecule has 0 aliphatic carbocycles. The standard InChI is InChI=1S/C21H33N5O4.ClH/c1-21(2,3)30-20(29)26-11-6-8-17(26)19(28)25-10-5-7-16(25)18(27)22-9-12-24-14-13-23(4)15-24;/h13-17H,5-12H2,1-4H3;1H. The molecule has 31 heavy (non-hydrogen) atoms. The molecule has 0 aromatic carbocycles. The predicted octanol–water partition coefficient (Wildman–Crippen LogP) is -2.18.